The van der Waals surface area contributed by atoms with Gasteiger partial charge in [-0.3, -0.25) is 4.98 Å². The zero-order valence-electron chi connectivity index (χ0n) is 11.7. The molecule has 1 atom stereocenters. The molecule has 0 radical (unpaired) electrons. The summed E-state index contributed by atoms with van der Waals surface area (Å²) in [5.41, 5.74) is 1.79. The van der Waals surface area contributed by atoms with Crippen LogP contribution in [0.2, 0.25) is 0 Å². The minimum absolute atomic E-state index is 0.116. The first kappa shape index (κ1) is 13.7. The van der Waals surface area contributed by atoms with Crippen LogP contribution in [0.25, 0.3) is 11.6 Å². The maximum absolute atomic E-state index is 5.75. The smallest absolute Gasteiger partial charge is 0.266 e. The molecule has 102 valence electrons. The lowest BCUT2D eigenvalue weighted by atomic mass is 10.2. The second kappa shape index (κ2) is 6.43. The second-order valence-electron chi connectivity index (χ2n) is 4.53. The van der Waals surface area contributed by atoms with Crippen molar-refractivity contribution in [1.82, 2.24) is 20.5 Å². The van der Waals surface area contributed by atoms with E-state index in [4.69, 9.17) is 4.42 Å². The third kappa shape index (κ3) is 3.17. The molecule has 0 amide bonds. The van der Waals surface area contributed by atoms with Gasteiger partial charge in [0.15, 0.2) is 0 Å². The maximum Gasteiger partial charge on any atom is 0.266 e. The molecule has 0 aliphatic carbocycles. The number of hydrogen-bond acceptors (Lipinski definition) is 5. The number of nitrogens with one attached hydrogen (secondary N) is 1. The fourth-order valence-corrected chi connectivity index (χ4v) is 1.91. The lowest BCUT2D eigenvalue weighted by Crippen LogP contribution is -2.21. The largest absolute Gasteiger partial charge is 0.418 e. The van der Waals surface area contributed by atoms with Crippen molar-refractivity contribution >= 4 is 0 Å². The van der Waals surface area contributed by atoms with E-state index >= 15 is 0 Å². The summed E-state index contributed by atoms with van der Waals surface area (Å²) in [5, 5.41) is 11.6. The lowest BCUT2D eigenvalue weighted by Gasteiger charge is -2.11. The van der Waals surface area contributed by atoms with Gasteiger partial charge in [-0.15, -0.1) is 10.2 Å². The highest BCUT2D eigenvalue weighted by atomic mass is 16.4. The lowest BCUT2D eigenvalue weighted by molar-refractivity contribution is 0.395. The number of rotatable bonds is 6. The molecule has 0 aliphatic heterocycles. The van der Waals surface area contributed by atoms with E-state index in [1.54, 1.807) is 6.20 Å². The van der Waals surface area contributed by atoms with Crippen LogP contribution >= 0.6 is 0 Å². The van der Waals surface area contributed by atoms with E-state index in [0.717, 1.165) is 30.6 Å². The molecule has 2 rings (SSSR count). The number of aromatic nitrogens is 3. The third-order valence-corrected chi connectivity index (χ3v) is 3.00. The van der Waals surface area contributed by atoms with Crippen LogP contribution in [0.5, 0.6) is 0 Å². The van der Waals surface area contributed by atoms with Crippen LogP contribution in [0, 0.1) is 6.92 Å². The van der Waals surface area contributed by atoms with Crippen molar-refractivity contribution in [2.24, 2.45) is 0 Å². The van der Waals surface area contributed by atoms with Gasteiger partial charge in [0, 0.05) is 6.20 Å². The summed E-state index contributed by atoms with van der Waals surface area (Å²) in [6, 6.07) is 4.00. The molecule has 2 heterocycles. The Morgan fingerprint density at radius 2 is 2.16 bits per heavy atom. The van der Waals surface area contributed by atoms with E-state index in [2.05, 4.69) is 34.3 Å². The van der Waals surface area contributed by atoms with Gasteiger partial charge in [0.05, 0.1) is 6.04 Å². The minimum Gasteiger partial charge on any atom is -0.418 e. The first-order chi connectivity index (χ1) is 9.26. The van der Waals surface area contributed by atoms with E-state index in [9.17, 15) is 0 Å². The molecule has 0 spiro atoms. The highest BCUT2D eigenvalue weighted by Gasteiger charge is 2.18. The molecule has 0 bridgehead atoms. The van der Waals surface area contributed by atoms with E-state index in [-0.39, 0.29) is 6.04 Å². The fourth-order valence-electron chi connectivity index (χ4n) is 1.91. The second-order valence-corrected chi connectivity index (χ2v) is 4.53. The van der Waals surface area contributed by atoms with Crippen LogP contribution in [0.4, 0.5) is 0 Å². The van der Waals surface area contributed by atoms with E-state index in [0.29, 0.717) is 11.8 Å². The third-order valence-electron chi connectivity index (χ3n) is 3.00. The Kier molecular flexibility index (Phi) is 4.63. The van der Waals surface area contributed by atoms with Gasteiger partial charge in [0.1, 0.15) is 5.69 Å². The highest BCUT2D eigenvalue weighted by molar-refractivity contribution is 5.51. The molecule has 0 saturated carbocycles. The monoisotopic (exact) mass is 260 g/mol. The Labute approximate surface area is 113 Å². The maximum atomic E-state index is 5.75. The van der Waals surface area contributed by atoms with E-state index in [1.165, 1.54) is 0 Å². The minimum atomic E-state index is 0.116. The van der Waals surface area contributed by atoms with Crippen LogP contribution in [0.3, 0.4) is 0 Å². The Morgan fingerprint density at radius 1 is 1.32 bits per heavy atom. The zero-order valence-corrected chi connectivity index (χ0v) is 11.7. The van der Waals surface area contributed by atoms with E-state index < -0.39 is 0 Å². The Balaban J connectivity index is 2.21. The molecule has 19 heavy (non-hydrogen) atoms. The molecule has 0 fully saturated rings. The SMILES string of the molecule is CCCNC(CC)c1nnc(-c2ncccc2C)o1. The van der Waals surface area contributed by atoms with Gasteiger partial charge in [-0.1, -0.05) is 19.9 Å². The number of aryl methyl sites for hydroxylation is 1. The van der Waals surface area contributed by atoms with Crippen LogP contribution in [-0.2, 0) is 0 Å². The van der Waals surface area contributed by atoms with Gasteiger partial charge >= 0.3 is 0 Å². The van der Waals surface area contributed by atoms with Crippen molar-refractivity contribution in [3.63, 3.8) is 0 Å². The van der Waals surface area contributed by atoms with Gasteiger partial charge in [-0.2, -0.15) is 0 Å². The molecular formula is C14H20N4O. The standard InChI is InChI=1S/C14H20N4O/c1-4-8-15-11(5-2)13-17-18-14(19-13)12-10(3)7-6-9-16-12/h6-7,9,11,15H,4-5,8H2,1-3H3. The van der Waals surface area contributed by atoms with Crippen molar-refractivity contribution in [3.05, 3.63) is 29.8 Å². The summed E-state index contributed by atoms with van der Waals surface area (Å²) in [6.07, 6.45) is 3.73. The number of nitrogens with zero attached hydrogens (tertiary/aromatic N) is 3. The summed E-state index contributed by atoms with van der Waals surface area (Å²) in [7, 11) is 0. The molecule has 5 nitrogen and oxygen atoms in total. The summed E-state index contributed by atoms with van der Waals surface area (Å²) in [5.74, 6) is 1.13. The molecule has 1 unspecified atom stereocenters. The molecule has 2 aromatic heterocycles. The summed E-state index contributed by atoms with van der Waals surface area (Å²) < 4.78 is 5.75. The van der Waals surface area contributed by atoms with Gasteiger partial charge in [0.25, 0.3) is 5.89 Å². The fraction of sp³-hybridized carbons (Fsp3) is 0.500. The average molecular weight is 260 g/mol. The molecule has 0 aromatic carbocycles. The van der Waals surface area contributed by atoms with Crippen LogP contribution in [0.15, 0.2) is 22.7 Å². The highest BCUT2D eigenvalue weighted by Crippen LogP contribution is 2.22. The van der Waals surface area contributed by atoms with Crippen LogP contribution in [-0.4, -0.2) is 21.7 Å². The topological polar surface area (TPSA) is 63.8 Å². The first-order valence-corrected chi connectivity index (χ1v) is 6.75. The summed E-state index contributed by atoms with van der Waals surface area (Å²) in [4.78, 5) is 4.29. The van der Waals surface area contributed by atoms with Gasteiger partial charge in [0.2, 0.25) is 5.89 Å². The van der Waals surface area contributed by atoms with Crippen molar-refractivity contribution in [1.29, 1.82) is 0 Å². The predicted octanol–water partition coefficient (Wildman–Crippen LogP) is 2.89. The molecule has 5 heteroatoms. The van der Waals surface area contributed by atoms with Crippen molar-refractivity contribution in [2.75, 3.05) is 6.54 Å². The molecule has 1 N–H and O–H groups in total. The molecule has 0 aliphatic rings. The molecule has 0 saturated heterocycles. The molecule has 2 aromatic rings. The average Bonchev–Trinajstić information content (AvgIpc) is 2.90. The normalized spacial score (nSPS) is 12.6. The van der Waals surface area contributed by atoms with Crippen LogP contribution in [0.1, 0.15) is 44.2 Å². The van der Waals surface area contributed by atoms with E-state index in [1.807, 2.05) is 19.1 Å². The quantitative estimate of drug-likeness (QED) is 0.865. The van der Waals surface area contributed by atoms with Crippen molar-refractivity contribution in [2.45, 2.75) is 39.7 Å². The molecular weight excluding hydrogens is 240 g/mol. The van der Waals surface area contributed by atoms with Crippen molar-refractivity contribution < 1.29 is 4.42 Å². The number of hydrogen-bond donors (Lipinski definition) is 1. The Hall–Kier alpha value is -1.75. The predicted molar refractivity (Wildman–Crippen MR) is 73.6 cm³/mol. The van der Waals surface area contributed by atoms with Gasteiger partial charge in [-0.25, -0.2) is 0 Å². The van der Waals surface area contributed by atoms with Crippen molar-refractivity contribution in [3.8, 4) is 11.6 Å². The zero-order chi connectivity index (χ0) is 13.7. The number of pyridine rings is 1. The summed E-state index contributed by atoms with van der Waals surface area (Å²) in [6.45, 7) is 7.16. The van der Waals surface area contributed by atoms with Gasteiger partial charge < -0.3 is 9.73 Å². The Morgan fingerprint density at radius 3 is 2.84 bits per heavy atom. The van der Waals surface area contributed by atoms with Crippen LogP contribution < -0.4 is 5.32 Å². The Bertz CT molecular complexity index is 524. The van der Waals surface area contributed by atoms with Gasteiger partial charge in [-0.05, 0) is 37.9 Å². The first-order valence-electron chi connectivity index (χ1n) is 6.75. The summed E-state index contributed by atoms with van der Waals surface area (Å²) >= 11 is 0.